The van der Waals surface area contributed by atoms with E-state index in [0.717, 1.165) is 0 Å². The van der Waals surface area contributed by atoms with Crippen LogP contribution in [0.1, 0.15) is 0 Å². The van der Waals surface area contributed by atoms with Crippen molar-refractivity contribution in [3.8, 4) is 0 Å². The Hall–Kier alpha value is 0.590. The number of alkyl halides is 2. The second-order valence-electron chi connectivity index (χ2n) is 1.30. The van der Waals surface area contributed by atoms with E-state index < -0.39 is 0 Å². The van der Waals surface area contributed by atoms with Gasteiger partial charge >= 0.3 is 0 Å². The summed E-state index contributed by atoms with van der Waals surface area (Å²) in [6.45, 7) is 0.404. The van der Waals surface area contributed by atoms with Crippen LogP contribution in [0.5, 0.6) is 0 Å². The number of rotatable bonds is 3. The molecule has 48 valence electrons. The Kier molecular flexibility index (Phi) is 4.80. The van der Waals surface area contributed by atoms with Gasteiger partial charge in [-0.15, -0.1) is 0 Å². The lowest BCUT2D eigenvalue weighted by molar-refractivity contribution is -0.116. The molecule has 4 heteroatoms. The van der Waals surface area contributed by atoms with E-state index in [1.165, 1.54) is 0 Å². The lowest BCUT2D eigenvalue weighted by Gasteiger charge is -1.96. The number of Topliss-reactive ketones (excluding diaryl/α,β-unsaturated/α-hetero) is 1. The minimum Gasteiger partial charge on any atom is -0.313 e. The molecule has 0 fully saturated rings. The van der Waals surface area contributed by atoms with Crippen molar-refractivity contribution in [2.45, 2.75) is 3.74 Å². The third kappa shape index (κ3) is 3.57. The van der Waals surface area contributed by atoms with Crippen molar-refractivity contribution in [1.82, 2.24) is 5.32 Å². The molecule has 0 aliphatic rings. The van der Waals surface area contributed by atoms with E-state index >= 15 is 0 Å². The second-order valence-corrected chi connectivity index (χ2v) is 4.36. The lowest BCUT2D eigenvalue weighted by Crippen LogP contribution is -2.22. The molecule has 0 aromatic heterocycles. The van der Waals surface area contributed by atoms with Crippen molar-refractivity contribution in [1.29, 1.82) is 0 Å². The first-order chi connectivity index (χ1) is 3.68. The fourth-order valence-corrected chi connectivity index (χ4v) is 0.575. The van der Waals surface area contributed by atoms with Gasteiger partial charge < -0.3 is 5.32 Å². The Labute approximate surface area is 65.3 Å². The second kappa shape index (κ2) is 4.47. The maximum absolute atomic E-state index is 10.6. The summed E-state index contributed by atoms with van der Waals surface area (Å²) in [7, 11) is 1.74. The Morgan fingerprint density at radius 1 is 1.75 bits per heavy atom. The smallest absolute Gasteiger partial charge is 0.170 e. The Morgan fingerprint density at radius 3 is 2.38 bits per heavy atom. The zero-order valence-corrected chi connectivity index (χ0v) is 7.62. The van der Waals surface area contributed by atoms with Crippen molar-refractivity contribution in [3.63, 3.8) is 0 Å². The summed E-state index contributed by atoms with van der Waals surface area (Å²) in [4.78, 5) is 10.6. The van der Waals surface area contributed by atoms with Gasteiger partial charge in [-0.2, -0.15) is 0 Å². The number of hydrogen-bond acceptors (Lipinski definition) is 2. The van der Waals surface area contributed by atoms with E-state index in [1.807, 2.05) is 0 Å². The van der Waals surface area contributed by atoms with Crippen LogP contribution in [0.4, 0.5) is 0 Å². The lowest BCUT2D eigenvalue weighted by atomic mass is 10.4. The van der Waals surface area contributed by atoms with E-state index in [2.05, 4.69) is 37.2 Å². The molecular formula is C4H7Br2NO. The van der Waals surface area contributed by atoms with Crippen molar-refractivity contribution in [2.24, 2.45) is 0 Å². The van der Waals surface area contributed by atoms with Crippen molar-refractivity contribution >= 4 is 37.6 Å². The molecule has 2 nitrogen and oxygen atoms in total. The molecule has 0 aromatic rings. The summed E-state index contributed by atoms with van der Waals surface area (Å²) < 4.78 is -0.206. The van der Waals surface area contributed by atoms with Gasteiger partial charge in [-0.25, -0.2) is 0 Å². The topological polar surface area (TPSA) is 29.1 Å². The van der Waals surface area contributed by atoms with Crippen molar-refractivity contribution in [3.05, 3.63) is 0 Å². The van der Waals surface area contributed by atoms with Crippen LogP contribution in [0, 0.1) is 0 Å². The van der Waals surface area contributed by atoms with Crippen LogP contribution in [0.15, 0.2) is 0 Å². The average molecular weight is 245 g/mol. The Morgan fingerprint density at radius 2 is 2.25 bits per heavy atom. The maximum atomic E-state index is 10.6. The number of nitrogens with one attached hydrogen (secondary N) is 1. The van der Waals surface area contributed by atoms with Gasteiger partial charge in [-0.3, -0.25) is 4.79 Å². The van der Waals surface area contributed by atoms with Gasteiger partial charge in [0, 0.05) is 0 Å². The van der Waals surface area contributed by atoms with Gasteiger partial charge in [0.15, 0.2) is 5.78 Å². The van der Waals surface area contributed by atoms with Gasteiger partial charge in [-0.05, 0) is 7.05 Å². The first-order valence-electron chi connectivity index (χ1n) is 2.14. The number of carbonyl (C=O) groups is 1. The monoisotopic (exact) mass is 243 g/mol. The molecule has 0 amide bonds. The molecule has 0 saturated heterocycles. The van der Waals surface area contributed by atoms with Crippen LogP contribution in [-0.2, 0) is 4.79 Å². The highest BCUT2D eigenvalue weighted by atomic mass is 79.9. The third-order valence-corrected chi connectivity index (χ3v) is 1.62. The SMILES string of the molecule is CNCC(=O)C(Br)Br. The summed E-state index contributed by atoms with van der Waals surface area (Å²) in [5.74, 6) is 0.104. The van der Waals surface area contributed by atoms with E-state index in [0.29, 0.717) is 6.54 Å². The summed E-state index contributed by atoms with van der Waals surface area (Å²) in [5, 5.41) is 2.74. The van der Waals surface area contributed by atoms with E-state index in [1.54, 1.807) is 7.05 Å². The zero-order chi connectivity index (χ0) is 6.57. The van der Waals surface area contributed by atoms with Crippen molar-refractivity contribution < 1.29 is 4.79 Å². The Balaban J connectivity index is 3.33. The first kappa shape index (κ1) is 8.59. The van der Waals surface area contributed by atoms with E-state index in [-0.39, 0.29) is 9.52 Å². The molecule has 0 bridgehead atoms. The average Bonchev–Trinajstić information content (AvgIpc) is 1.67. The van der Waals surface area contributed by atoms with Crippen LogP contribution in [0.2, 0.25) is 0 Å². The number of hydrogen-bond donors (Lipinski definition) is 1. The molecule has 0 aliphatic carbocycles. The summed E-state index contributed by atoms with van der Waals surface area (Å²) in [5.41, 5.74) is 0. The molecule has 0 rings (SSSR count). The predicted molar refractivity (Wildman–Crippen MR) is 40.6 cm³/mol. The molecule has 0 saturated carbocycles. The largest absolute Gasteiger partial charge is 0.313 e. The number of carbonyl (C=O) groups excluding carboxylic acids is 1. The number of likely N-dealkylation sites (N-methyl/N-ethyl adjacent to an activating group) is 1. The quantitative estimate of drug-likeness (QED) is 0.748. The highest BCUT2D eigenvalue weighted by Crippen LogP contribution is 2.07. The summed E-state index contributed by atoms with van der Waals surface area (Å²) in [6.07, 6.45) is 0. The molecule has 0 aromatic carbocycles. The van der Waals surface area contributed by atoms with Crippen LogP contribution in [0.3, 0.4) is 0 Å². The number of halogens is 2. The molecule has 0 heterocycles. The van der Waals surface area contributed by atoms with E-state index in [4.69, 9.17) is 0 Å². The third-order valence-electron chi connectivity index (χ3n) is 0.594. The minimum atomic E-state index is -0.206. The molecular weight excluding hydrogens is 238 g/mol. The molecule has 0 radical (unpaired) electrons. The standard InChI is InChI=1S/C4H7Br2NO/c1-7-2-3(8)4(5)6/h4,7H,2H2,1H3. The fourth-order valence-electron chi connectivity index (χ4n) is 0.251. The van der Waals surface area contributed by atoms with Gasteiger partial charge in [0.25, 0.3) is 0 Å². The van der Waals surface area contributed by atoms with Gasteiger partial charge in [0.1, 0.15) is 3.74 Å². The number of ketones is 1. The maximum Gasteiger partial charge on any atom is 0.170 e. The highest BCUT2D eigenvalue weighted by molar-refractivity contribution is 9.25. The predicted octanol–water partition coefficient (Wildman–Crippen LogP) is 0.891. The fraction of sp³-hybridized carbons (Fsp3) is 0.750. The molecule has 1 N–H and O–H groups in total. The van der Waals surface area contributed by atoms with Crippen LogP contribution in [-0.4, -0.2) is 23.1 Å². The van der Waals surface area contributed by atoms with Crippen LogP contribution < -0.4 is 5.32 Å². The molecule has 0 atom stereocenters. The minimum absolute atomic E-state index is 0.104. The molecule has 0 aliphatic heterocycles. The summed E-state index contributed by atoms with van der Waals surface area (Å²) in [6, 6.07) is 0. The van der Waals surface area contributed by atoms with Crippen LogP contribution >= 0.6 is 31.9 Å². The first-order valence-corrected chi connectivity index (χ1v) is 3.97. The van der Waals surface area contributed by atoms with Crippen LogP contribution in [0.25, 0.3) is 0 Å². The van der Waals surface area contributed by atoms with E-state index in [9.17, 15) is 4.79 Å². The zero-order valence-electron chi connectivity index (χ0n) is 4.45. The highest BCUT2D eigenvalue weighted by Gasteiger charge is 2.07. The van der Waals surface area contributed by atoms with Gasteiger partial charge in [0.2, 0.25) is 0 Å². The Bertz CT molecular complexity index is 84.1. The molecule has 8 heavy (non-hydrogen) atoms. The summed E-state index contributed by atoms with van der Waals surface area (Å²) >= 11 is 6.14. The molecule has 0 spiro atoms. The van der Waals surface area contributed by atoms with Crippen molar-refractivity contribution in [2.75, 3.05) is 13.6 Å². The van der Waals surface area contributed by atoms with Gasteiger partial charge in [-0.1, -0.05) is 31.9 Å². The normalized spacial score (nSPS) is 10.0. The molecule has 0 unspecified atom stereocenters. The van der Waals surface area contributed by atoms with Gasteiger partial charge in [0.05, 0.1) is 6.54 Å².